The van der Waals surface area contributed by atoms with Crippen molar-refractivity contribution in [3.05, 3.63) is 0 Å². The fraction of sp³-hybridized carbons (Fsp3) is 0.882. The second-order valence-corrected chi connectivity index (χ2v) is 6.69. The number of isocyanates is 2. The molecule has 21 heavy (non-hydrogen) atoms. The van der Waals surface area contributed by atoms with E-state index in [1.807, 2.05) is 0 Å². The third-order valence-corrected chi connectivity index (χ3v) is 5.61. The number of hydrogen-bond acceptors (Lipinski definition) is 4. The SMILES string of the molecule is CCCCC(N=C=O)C1CC2CC(C(CC)N=C=O)C1C2. The molecule has 0 radical (unpaired) electrons. The molecule has 0 amide bonds. The molecule has 116 valence electrons. The Hall–Kier alpha value is -1.24. The number of nitrogens with zero attached hydrogens (tertiary/aromatic N) is 2. The number of unbranched alkanes of at least 4 members (excludes halogenated alkanes) is 1. The van der Waals surface area contributed by atoms with Gasteiger partial charge in [0.15, 0.2) is 0 Å². The molecule has 2 bridgehead atoms. The minimum Gasteiger partial charge on any atom is -0.211 e. The van der Waals surface area contributed by atoms with Crippen molar-refractivity contribution >= 4 is 12.2 Å². The van der Waals surface area contributed by atoms with Gasteiger partial charge in [0, 0.05) is 0 Å². The summed E-state index contributed by atoms with van der Waals surface area (Å²) >= 11 is 0. The molecule has 0 aromatic rings. The predicted molar refractivity (Wildman–Crippen MR) is 81.4 cm³/mol. The van der Waals surface area contributed by atoms with Gasteiger partial charge in [0.1, 0.15) is 0 Å². The molecule has 0 saturated heterocycles. The fourth-order valence-electron chi connectivity index (χ4n) is 4.76. The molecule has 2 fully saturated rings. The van der Waals surface area contributed by atoms with Crippen LogP contribution >= 0.6 is 0 Å². The molecule has 2 aliphatic carbocycles. The summed E-state index contributed by atoms with van der Waals surface area (Å²) in [7, 11) is 0. The Morgan fingerprint density at radius 3 is 2.14 bits per heavy atom. The van der Waals surface area contributed by atoms with Gasteiger partial charge in [0.05, 0.1) is 12.1 Å². The first-order chi connectivity index (χ1) is 10.2. The van der Waals surface area contributed by atoms with Gasteiger partial charge in [-0.25, -0.2) is 19.6 Å². The van der Waals surface area contributed by atoms with Gasteiger partial charge in [-0.3, -0.25) is 0 Å². The van der Waals surface area contributed by atoms with Crippen molar-refractivity contribution in [2.45, 2.75) is 70.9 Å². The van der Waals surface area contributed by atoms with Gasteiger partial charge in [-0.15, -0.1) is 0 Å². The molecule has 0 heterocycles. The fourth-order valence-corrected chi connectivity index (χ4v) is 4.76. The molecule has 0 aliphatic heterocycles. The zero-order chi connectivity index (χ0) is 15.2. The topological polar surface area (TPSA) is 58.9 Å². The highest BCUT2D eigenvalue weighted by Gasteiger charge is 2.50. The van der Waals surface area contributed by atoms with E-state index < -0.39 is 0 Å². The van der Waals surface area contributed by atoms with Gasteiger partial charge in [0.2, 0.25) is 12.2 Å². The van der Waals surface area contributed by atoms with Crippen LogP contribution in [0.4, 0.5) is 0 Å². The molecule has 2 rings (SSSR count). The van der Waals surface area contributed by atoms with Gasteiger partial charge in [-0.1, -0.05) is 26.7 Å². The summed E-state index contributed by atoms with van der Waals surface area (Å²) in [6, 6.07) is 0.227. The van der Waals surface area contributed by atoms with Crippen LogP contribution in [0.3, 0.4) is 0 Å². The van der Waals surface area contributed by atoms with Crippen LogP contribution in [0, 0.1) is 23.7 Å². The van der Waals surface area contributed by atoms with Crippen LogP contribution in [-0.4, -0.2) is 24.2 Å². The molecule has 4 nitrogen and oxygen atoms in total. The molecule has 0 aromatic heterocycles. The quantitative estimate of drug-likeness (QED) is 0.506. The first-order valence-electron chi connectivity index (χ1n) is 8.39. The van der Waals surface area contributed by atoms with Gasteiger partial charge in [-0.2, -0.15) is 0 Å². The zero-order valence-electron chi connectivity index (χ0n) is 13.1. The van der Waals surface area contributed by atoms with Crippen molar-refractivity contribution in [2.24, 2.45) is 33.7 Å². The average molecular weight is 290 g/mol. The average Bonchev–Trinajstić information content (AvgIpc) is 3.09. The lowest BCUT2D eigenvalue weighted by atomic mass is 9.73. The Labute approximate surface area is 127 Å². The van der Waals surface area contributed by atoms with Crippen molar-refractivity contribution in [1.29, 1.82) is 0 Å². The molecular weight excluding hydrogens is 264 g/mol. The first-order valence-corrected chi connectivity index (χ1v) is 8.39. The van der Waals surface area contributed by atoms with Crippen LogP contribution in [0.15, 0.2) is 9.98 Å². The zero-order valence-corrected chi connectivity index (χ0v) is 13.1. The van der Waals surface area contributed by atoms with E-state index >= 15 is 0 Å². The lowest BCUT2D eigenvalue weighted by molar-refractivity contribution is 0.175. The number of rotatable bonds is 8. The second-order valence-electron chi connectivity index (χ2n) is 6.69. The first kappa shape index (κ1) is 16.1. The predicted octanol–water partition coefficient (Wildman–Crippen LogP) is 3.66. The van der Waals surface area contributed by atoms with E-state index in [1.165, 1.54) is 19.3 Å². The van der Waals surface area contributed by atoms with Gasteiger partial charge >= 0.3 is 0 Å². The summed E-state index contributed by atoms with van der Waals surface area (Å²) in [5, 5.41) is 0. The molecule has 4 heteroatoms. The molecule has 6 atom stereocenters. The van der Waals surface area contributed by atoms with Crippen molar-refractivity contribution in [2.75, 3.05) is 0 Å². The Balaban J connectivity index is 2.11. The maximum Gasteiger partial charge on any atom is 0.235 e. The Morgan fingerprint density at radius 1 is 1.00 bits per heavy atom. The van der Waals surface area contributed by atoms with Crippen LogP contribution in [0.25, 0.3) is 0 Å². The normalized spacial score (nSPS) is 33.0. The summed E-state index contributed by atoms with van der Waals surface area (Å²) in [5.74, 6) is 2.26. The highest BCUT2D eigenvalue weighted by molar-refractivity contribution is 5.34. The van der Waals surface area contributed by atoms with E-state index in [0.717, 1.165) is 31.6 Å². The highest BCUT2D eigenvalue weighted by atomic mass is 16.1. The minimum absolute atomic E-state index is 0.104. The Bertz CT molecular complexity index is 438. The lowest BCUT2D eigenvalue weighted by Gasteiger charge is -2.35. The van der Waals surface area contributed by atoms with E-state index in [9.17, 15) is 9.59 Å². The summed E-state index contributed by atoms with van der Waals surface area (Å²) in [6.45, 7) is 4.25. The number of fused-ring (bicyclic) bond motifs is 2. The summed E-state index contributed by atoms with van der Waals surface area (Å²) in [4.78, 5) is 29.5. The molecule has 0 spiro atoms. The maximum absolute atomic E-state index is 10.8. The largest absolute Gasteiger partial charge is 0.235 e. The van der Waals surface area contributed by atoms with E-state index in [4.69, 9.17) is 0 Å². The van der Waals surface area contributed by atoms with Crippen molar-refractivity contribution in [3.63, 3.8) is 0 Å². The van der Waals surface area contributed by atoms with Crippen LogP contribution in [0.2, 0.25) is 0 Å². The smallest absolute Gasteiger partial charge is 0.211 e. The van der Waals surface area contributed by atoms with Gasteiger partial charge < -0.3 is 0 Å². The lowest BCUT2D eigenvalue weighted by Crippen LogP contribution is -2.34. The number of aliphatic imine (C=N–C) groups is 2. The van der Waals surface area contributed by atoms with Gasteiger partial charge in [0.25, 0.3) is 0 Å². The molecule has 2 aliphatic rings. The van der Waals surface area contributed by atoms with E-state index in [1.54, 1.807) is 12.2 Å². The minimum atomic E-state index is 0.104. The van der Waals surface area contributed by atoms with E-state index in [0.29, 0.717) is 17.8 Å². The van der Waals surface area contributed by atoms with Crippen molar-refractivity contribution in [3.8, 4) is 0 Å². The summed E-state index contributed by atoms with van der Waals surface area (Å²) < 4.78 is 0. The van der Waals surface area contributed by atoms with Crippen LogP contribution in [-0.2, 0) is 9.59 Å². The third-order valence-electron chi connectivity index (χ3n) is 5.61. The Kier molecular flexibility index (Phi) is 5.90. The molecular formula is C17H26N2O2. The summed E-state index contributed by atoms with van der Waals surface area (Å²) in [5.41, 5.74) is 0. The van der Waals surface area contributed by atoms with E-state index in [-0.39, 0.29) is 12.1 Å². The molecule has 2 saturated carbocycles. The van der Waals surface area contributed by atoms with Crippen LogP contribution < -0.4 is 0 Å². The maximum atomic E-state index is 10.8. The Morgan fingerprint density at radius 2 is 1.62 bits per heavy atom. The molecule has 6 unspecified atom stereocenters. The highest BCUT2D eigenvalue weighted by Crippen LogP contribution is 2.55. The van der Waals surface area contributed by atoms with E-state index in [2.05, 4.69) is 23.8 Å². The standard InChI is InChI=1S/C17H26N2O2/c1-3-5-6-17(19-11-21)15-9-12-7-13(15)14(8-12)16(4-2)18-10-20/h12-17H,3-9H2,1-2H3. The third kappa shape index (κ3) is 3.51. The molecule has 0 aromatic carbocycles. The summed E-state index contributed by atoms with van der Waals surface area (Å²) in [6.07, 6.45) is 11.2. The molecule has 0 N–H and O–H groups in total. The number of carbonyl (C=O) groups excluding carboxylic acids is 2. The van der Waals surface area contributed by atoms with Crippen LogP contribution in [0.1, 0.15) is 58.8 Å². The second kappa shape index (κ2) is 7.68. The van der Waals surface area contributed by atoms with Crippen molar-refractivity contribution < 1.29 is 9.59 Å². The van der Waals surface area contributed by atoms with Crippen LogP contribution in [0.5, 0.6) is 0 Å². The van der Waals surface area contributed by atoms with Crippen molar-refractivity contribution in [1.82, 2.24) is 0 Å². The monoisotopic (exact) mass is 290 g/mol. The van der Waals surface area contributed by atoms with Gasteiger partial charge in [-0.05, 0) is 55.8 Å². The number of hydrogen-bond donors (Lipinski definition) is 0.